The number of pyridine rings is 1. The fourth-order valence-corrected chi connectivity index (χ4v) is 2.27. The summed E-state index contributed by atoms with van der Waals surface area (Å²) in [6, 6.07) is 10.1. The lowest BCUT2D eigenvalue weighted by molar-refractivity contribution is 0.867. The maximum absolute atomic E-state index is 6.11. The van der Waals surface area contributed by atoms with E-state index in [-0.39, 0.29) is 0 Å². The number of anilines is 2. The zero-order valence-corrected chi connectivity index (χ0v) is 12.6. The Kier molecular flexibility index (Phi) is 4.25. The second-order valence-corrected chi connectivity index (χ2v) is 5.71. The van der Waals surface area contributed by atoms with Crippen LogP contribution in [0.2, 0.25) is 5.02 Å². The number of hydrogen-bond acceptors (Lipinski definition) is 2. The lowest BCUT2D eigenvalue weighted by Gasteiger charge is -2.09. The molecule has 1 heterocycles. The first-order valence-corrected chi connectivity index (χ1v) is 6.91. The Morgan fingerprint density at radius 2 is 1.89 bits per heavy atom. The molecule has 1 aromatic heterocycles. The number of halogens is 2. The van der Waals surface area contributed by atoms with E-state index in [1.165, 1.54) is 5.56 Å². The standard InChI is InChI=1S/C14H14BrClN2/c1-9(2)10-3-5-12(6-4-10)18-14-13(16)7-11(15)8-17-14/h3-9H,1-2H3,(H,17,18). The van der Waals surface area contributed by atoms with Crippen LogP contribution in [0.5, 0.6) is 0 Å². The minimum atomic E-state index is 0.536. The van der Waals surface area contributed by atoms with Crippen LogP contribution in [0.4, 0.5) is 11.5 Å². The Morgan fingerprint density at radius 1 is 1.22 bits per heavy atom. The molecule has 18 heavy (non-hydrogen) atoms. The maximum Gasteiger partial charge on any atom is 0.149 e. The van der Waals surface area contributed by atoms with Gasteiger partial charge in [-0.05, 0) is 45.6 Å². The van der Waals surface area contributed by atoms with Crippen LogP contribution in [-0.2, 0) is 0 Å². The number of rotatable bonds is 3. The van der Waals surface area contributed by atoms with Gasteiger partial charge in [0.15, 0.2) is 0 Å². The third-order valence-electron chi connectivity index (χ3n) is 2.65. The second kappa shape index (κ2) is 5.72. The molecule has 0 atom stereocenters. The quantitative estimate of drug-likeness (QED) is 0.821. The van der Waals surface area contributed by atoms with Gasteiger partial charge in [-0.3, -0.25) is 0 Å². The van der Waals surface area contributed by atoms with E-state index >= 15 is 0 Å². The van der Waals surface area contributed by atoms with Gasteiger partial charge in [0, 0.05) is 16.4 Å². The van der Waals surface area contributed by atoms with Crippen LogP contribution in [0.15, 0.2) is 41.0 Å². The monoisotopic (exact) mass is 324 g/mol. The first-order chi connectivity index (χ1) is 8.56. The van der Waals surface area contributed by atoms with Gasteiger partial charge >= 0.3 is 0 Å². The third kappa shape index (κ3) is 3.24. The lowest BCUT2D eigenvalue weighted by atomic mass is 10.0. The van der Waals surface area contributed by atoms with Gasteiger partial charge in [0.2, 0.25) is 0 Å². The number of benzene rings is 1. The molecule has 0 spiro atoms. The summed E-state index contributed by atoms with van der Waals surface area (Å²) in [5, 5.41) is 3.80. The van der Waals surface area contributed by atoms with E-state index in [0.717, 1.165) is 10.2 Å². The van der Waals surface area contributed by atoms with Crippen molar-refractivity contribution in [3.8, 4) is 0 Å². The molecule has 0 saturated heterocycles. The second-order valence-electron chi connectivity index (χ2n) is 4.39. The van der Waals surface area contributed by atoms with Crippen molar-refractivity contribution in [1.29, 1.82) is 0 Å². The molecule has 0 fully saturated rings. The molecule has 4 heteroatoms. The van der Waals surface area contributed by atoms with Gasteiger partial charge in [0.25, 0.3) is 0 Å². The SMILES string of the molecule is CC(C)c1ccc(Nc2ncc(Br)cc2Cl)cc1. The van der Waals surface area contributed by atoms with E-state index < -0.39 is 0 Å². The molecule has 94 valence electrons. The highest BCUT2D eigenvalue weighted by molar-refractivity contribution is 9.10. The van der Waals surface area contributed by atoms with Gasteiger partial charge in [0.1, 0.15) is 5.82 Å². The Bertz CT molecular complexity index is 538. The summed E-state index contributed by atoms with van der Waals surface area (Å²) >= 11 is 9.44. The molecular weight excluding hydrogens is 312 g/mol. The van der Waals surface area contributed by atoms with E-state index in [0.29, 0.717) is 16.8 Å². The molecule has 0 bridgehead atoms. The van der Waals surface area contributed by atoms with Crippen LogP contribution in [0.25, 0.3) is 0 Å². The van der Waals surface area contributed by atoms with E-state index in [1.54, 1.807) is 6.20 Å². The molecule has 0 radical (unpaired) electrons. The molecule has 0 aliphatic carbocycles. The fourth-order valence-electron chi connectivity index (χ4n) is 1.59. The van der Waals surface area contributed by atoms with Crippen LogP contribution in [0.3, 0.4) is 0 Å². The molecule has 1 N–H and O–H groups in total. The Hall–Kier alpha value is -1.06. The number of nitrogens with one attached hydrogen (secondary N) is 1. The number of nitrogens with zero attached hydrogens (tertiary/aromatic N) is 1. The van der Waals surface area contributed by atoms with Crippen molar-refractivity contribution in [3.05, 3.63) is 51.6 Å². The maximum atomic E-state index is 6.11. The molecule has 0 saturated carbocycles. The molecule has 0 aliphatic rings. The van der Waals surface area contributed by atoms with Gasteiger partial charge in [-0.25, -0.2) is 4.98 Å². The summed E-state index contributed by atoms with van der Waals surface area (Å²) in [4.78, 5) is 4.24. The minimum absolute atomic E-state index is 0.536. The van der Waals surface area contributed by atoms with Crippen LogP contribution < -0.4 is 5.32 Å². The predicted molar refractivity (Wildman–Crippen MR) is 80.8 cm³/mol. The van der Waals surface area contributed by atoms with Crippen LogP contribution in [0, 0.1) is 0 Å². The summed E-state index contributed by atoms with van der Waals surface area (Å²) in [7, 11) is 0. The lowest BCUT2D eigenvalue weighted by Crippen LogP contribution is -1.95. The normalized spacial score (nSPS) is 10.7. The number of hydrogen-bond donors (Lipinski definition) is 1. The predicted octanol–water partition coefficient (Wildman–Crippen LogP) is 5.36. The highest BCUT2D eigenvalue weighted by Gasteiger charge is 2.04. The molecule has 2 rings (SSSR count). The summed E-state index contributed by atoms with van der Waals surface area (Å²) in [5.74, 6) is 1.20. The summed E-state index contributed by atoms with van der Waals surface area (Å²) in [5.41, 5.74) is 2.30. The minimum Gasteiger partial charge on any atom is -0.339 e. The highest BCUT2D eigenvalue weighted by atomic mass is 79.9. The first kappa shape index (κ1) is 13.4. The van der Waals surface area contributed by atoms with E-state index in [2.05, 4.69) is 52.2 Å². The summed E-state index contributed by atoms with van der Waals surface area (Å²) < 4.78 is 0.869. The molecule has 0 unspecified atom stereocenters. The van der Waals surface area contributed by atoms with Crippen molar-refractivity contribution in [3.63, 3.8) is 0 Å². The van der Waals surface area contributed by atoms with Crippen molar-refractivity contribution in [2.45, 2.75) is 19.8 Å². The fraction of sp³-hybridized carbons (Fsp3) is 0.214. The van der Waals surface area contributed by atoms with Gasteiger partial charge < -0.3 is 5.32 Å². The molecule has 0 amide bonds. The molecule has 1 aromatic carbocycles. The van der Waals surface area contributed by atoms with Crippen molar-refractivity contribution in [2.75, 3.05) is 5.32 Å². The highest BCUT2D eigenvalue weighted by Crippen LogP contribution is 2.26. The van der Waals surface area contributed by atoms with Crippen molar-refractivity contribution in [2.24, 2.45) is 0 Å². The molecule has 2 nitrogen and oxygen atoms in total. The average Bonchev–Trinajstić information content (AvgIpc) is 2.33. The third-order valence-corrected chi connectivity index (χ3v) is 3.37. The van der Waals surface area contributed by atoms with Gasteiger partial charge in [0.05, 0.1) is 5.02 Å². The van der Waals surface area contributed by atoms with Crippen molar-refractivity contribution >= 4 is 39.0 Å². The molecule has 2 aromatic rings. The van der Waals surface area contributed by atoms with Crippen molar-refractivity contribution in [1.82, 2.24) is 4.98 Å². The summed E-state index contributed by atoms with van der Waals surface area (Å²) in [6.07, 6.45) is 1.72. The average molecular weight is 326 g/mol. The Balaban J connectivity index is 2.18. The van der Waals surface area contributed by atoms with Gasteiger partial charge in [-0.15, -0.1) is 0 Å². The van der Waals surface area contributed by atoms with E-state index in [9.17, 15) is 0 Å². The van der Waals surface area contributed by atoms with E-state index in [4.69, 9.17) is 11.6 Å². The molecule has 0 aliphatic heterocycles. The zero-order valence-electron chi connectivity index (χ0n) is 10.2. The Morgan fingerprint density at radius 3 is 2.44 bits per heavy atom. The zero-order chi connectivity index (χ0) is 13.1. The van der Waals surface area contributed by atoms with Crippen LogP contribution in [0.1, 0.15) is 25.3 Å². The summed E-state index contributed by atoms with van der Waals surface area (Å²) in [6.45, 7) is 4.35. The topological polar surface area (TPSA) is 24.9 Å². The van der Waals surface area contributed by atoms with Gasteiger partial charge in [-0.2, -0.15) is 0 Å². The number of aromatic nitrogens is 1. The molecular formula is C14H14BrClN2. The van der Waals surface area contributed by atoms with Crippen LogP contribution in [-0.4, -0.2) is 4.98 Å². The smallest absolute Gasteiger partial charge is 0.149 e. The van der Waals surface area contributed by atoms with Crippen molar-refractivity contribution < 1.29 is 0 Å². The Labute approximate surface area is 121 Å². The van der Waals surface area contributed by atoms with Gasteiger partial charge in [-0.1, -0.05) is 37.6 Å². The first-order valence-electron chi connectivity index (χ1n) is 5.74. The largest absolute Gasteiger partial charge is 0.339 e. The van der Waals surface area contributed by atoms with E-state index in [1.807, 2.05) is 18.2 Å². The van der Waals surface area contributed by atoms with Crippen LogP contribution >= 0.6 is 27.5 Å².